The number of rotatable bonds is 4. The number of aromatic carboxylic acids is 1. The molecule has 0 fully saturated rings. The number of amides is 1. The molecule has 25 heavy (non-hydrogen) atoms. The van der Waals surface area contributed by atoms with E-state index in [9.17, 15) is 14.7 Å². The van der Waals surface area contributed by atoms with Gasteiger partial charge in [0.2, 0.25) is 0 Å². The lowest BCUT2D eigenvalue weighted by Crippen LogP contribution is -2.16. The van der Waals surface area contributed by atoms with Crippen LogP contribution in [0.25, 0.3) is 5.69 Å². The van der Waals surface area contributed by atoms with Crippen LogP contribution >= 0.6 is 0 Å². The van der Waals surface area contributed by atoms with Crippen LogP contribution in [0.4, 0.5) is 5.69 Å². The first kappa shape index (κ1) is 16.5. The van der Waals surface area contributed by atoms with E-state index >= 15 is 0 Å². The summed E-state index contributed by atoms with van der Waals surface area (Å²) in [6.07, 6.45) is 3.15. The Balaban J connectivity index is 1.94. The predicted octanol–water partition coefficient (Wildman–Crippen LogP) is 1.93. The van der Waals surface area contributed by atoms with E-state index in [2.05, 4.69) is 10.3 Å². The molecule has 0 aliphatic carbocycles. The van der Waals surface area contributed by atoms with Gasteiger partial charge >= 0.3 is 5.97 Å². The number of nitrogens with one attached hydrogen (secondary N) is 1. The molecule has 1 aromatic carbocycles. The van der Waals surface area contributed by atoms with Crippen molar-refractivity contribution in [1.29, 1.82) is 0 Å². The summed E-state index contributed by atoms with van der Waals surface area (Å²) in [5.41, 5.74) is 2.50. The van der Waals surface area contributed by atoms with E-state index in [1.165, 1.54) is 4.57 Å². The number of carbonyl (C=O) groups is 2. The monoisotopic (exact) mass is 331 g/mol. The van der Waals surface area contributed by atoms with Crippen molar-refractivity contribution in [3.63, 3.8) is 0 Å². The van der Waals surface area contributed by atoms with Crippen LogP contribution in [0.2, 0.25) is 0 Å². The molecule has 0 atom stereocenters. The molecule has 7 heteroatoms. The Kier molecular flexibility index (Phi) is 4.39. The van der Waals surface area contributed by atoms with Crippen LogP contribution in [0.5, 0.6) is 0 Å². The van der Waals surface area contributed by atoms with Gasteiger partial charge in [-0.2, -0.15) is 0 Å². The molecule has 0 aliphatic rings. The van der Waals surface area contributed by atoms with Crippen molar-refractivity contribution < 1.29 is 14.7 Å². The SMILES string of the molecule is [B]c1ccc(C(=O)Nc2ccn(-c3ccc(C)nc3)c2C(=O)O)cc1. The van der Waals surface area contributed by atoms with E-state index in [1.807, 2.05) is 6.92 Å². The second-order valence-corrected chi connectivity index (χ2v) is 5.49. The fourth-order valence-corrected chi connectivity index (χ4v) is 2.40. The molecule has 1 amide bonds. The summed E-state index contributed by atoms with van der Waals surface area (Å²) in [6, 6.07) is 11.5. The normalized spacial score (nSPS) is 10.4. The zero-order chi connectivity index (χ0) is 18.0. The number of pyridine rings is 1. The summed E-state index contributed by atoms with van der Waals surface area (Å²) in [5.74, 6) is -1.57. The maximum Gasteiger partial charge on any atom is 0.355 e. The van der Waals surface area contributed by atoms with Crippen LogP contribution in [-0.2, 0) is 0 Å². The Labute approximate surface area is 145 Å². The summed E-state index contributed by atoms with van der Waals surface area (Å²) in [7, 11) is 5.60. The molecule has 0 spiro atoms. The highest BCUT2D eigenvalue weighted by molar-refractivity contribution is 6.32. The van der Waals surface area contributed by atoms with Gasteiger partial charge < -0.3 is 15.0 Å². The standard InChI is InChI=1S/C18H14BN3O3/c1-11-2-7-14(10-20-11)22-9-8-15(16(22)18(24)25)21-17(23)12-3-5-13(19)6-4-12/h2-10H,1H3,(H,21,23)(H,24,25). The highest BCUT2D eigenvalue weighted by Crippen LogP contribution is 2.22. The Morgan fingerprint density at radius 2 is 1.84 bits per heavy atom. The Morgan fingerprint density at radius 1 is 1.12 bits per heavy atom. The number of aromatic nitrogens is 2. The van der Waals surface area contributed by atoms with Gasteiger partial charge in [-0.1, -0.05) is 29.7 Å². The summed E-state index contributed by atoms with van der Waals surface area (Å²) in [6.45, 7) is 1.84. The molecule has 122 valence electrons. The van der Waals surface area contributed by atoms with E-state index < -0.39 is 11.9 Å². The molecule has 6 nitrogen and oxygen atoms in total. The van der Waals surface area contributed by atoms with Crippen molar-refractivity contribution in [3.05, 3.63) is 71.8 Å². The summed E-state index contributed by atoms with van der Waals surface area (Å²) in [5, 5.41) is 12.2. The van der Waals surface area contributed by atoms with Gasteiger partial charge in [0, 0.05) is 17.5 Å². The maximum atomic E-state index is 12.3. The van der Waals surface area contributed by atoms with E-state index in [0.29, 0.717) is 16.7 Å². The second-order valence-electron chi connectivity index (χ2n) is 5.49. The molecule has 2 radical (unpaired) electrons. The zero-order valence-electron chi connectivity index (χ0n) is 13.4. The van der Waals surface area contributed by atoms with Crippen LogP contribution in [-0.4, -0.2) is 34.4 Å². The third-order valence-corrected chi connectivity index (χ3v) is 3.68. The molecular weight excluding hydrogens is 317 g/mol. The minimum atomic E-state index is -1.15. The first-order chi connectivity index (χ1) is 12.0. The number of carboxylic acid groups (broad SMARTS) is 1. The van der Waals surface area contributed by atoms with Crippen molar-refractivity contribution in [2.75, 3.05) is 5.32 Å². The first-order valence-electron chi connectivity index (χ1n) is 7.50. The number of hydrogen-bond donors (Lipinski definition) is 2. The number of carbonyl (C=O) groups excluding carboxylic acids is 1. The molecule has 2 N–H and O–H groups in total. The van der Waals surface area contributed by atoms with Crippen molar-refractivity contribution in [1.82, 2.24) is 9.55 Å². The number of nitrogens with zero attached hydrogens (tertiary/aromatic N) is 2. The minimum absolute atomic E-state index is 0.0468. The van der Waals surface area contributed by atoms with E-state index in [4.69, 9.17) is 7.85 Å². The fraction of sp³-hybridized carbons (Fsp3) is 0.0556. The molecule has 0 bridgehead atoms. The average Bonchev–Trinajstić information content (AvgIpc) is 3.00. The summed E-state index contributed by atoms with van der Waals surface area (Å²) < 4.78 is 1.47. The molecule has 0 saturated heterocycles. The molecule has 2 aromatic heterocycles. The summed E-state index contributed by atoms with van der Waals surface area (Å²) in [4.78, 5) is 28.2. The lowest BCUT2D eigenvalue weighted by atomic mass is 9.95. The lowest BCUT2D eigenvalue weighted by Gasteiger charge is -2.09. The first-order valence-corrected chi connectivity index (χ1v) is 7.50. The van der Waals surface area contributed by atoms with Gasteiger partial charge in [0.15, 0.2) is 5.69 Å². The molecule has 3 aromatic rings. The van der Waals surface area contributed by atoms with E-state index in [0.717, 1.165) is 5.69 Å². The highest BCUT2D eigenvalue weighted by atomic mass is 16.4. The predicted molar refractivity (Wildman–Crippen MR) is 95.0 cm³/mol. The summed E-state index contributed by atoms with van der Waals surface area (Å²) >= 11 is 0. The van der Waals surface area contributed by atoms with Crippen LogP contribution in [0.15, 0.2) is 54.9 Å². The third kappa shape index (κ3) is 3.45. The molecule has 3 rings (SSSR count). The van der Waals surface area contributed by atoms with Crippen molar-refractivity contribution >= 4 is 30.9 Å². The van der Waals surface area contributed by atoms with Gasteiger partial charge in [-0.15, -0.1) is 0 Å². The fourth-order valence-electron chi connectivity index (χ4n) is 2.40. The lowest BCUT2D eigenvalue weighted by molar-refractivity contribution is 0.0689. The van der Waals surface area contributed by atoms with Gasteiger partial charge in [0.25, 0.3) is 5.91 Å². The topological polar surface area (TPSA) is 84.2 Å². The maximum absolute atomic E-state index is 12.3. The number of aryl methyl sites for hydroxylation is 1. The van der Waals surface area contributed by atoms with Gasteiger partial charge in [0.05, 0.1) is 17.6 Å². The minimum Gasteiger partial charge on any atom is -0.476 e. The number of hydrogen-bond acceptors (Lipinski definition) is 3. The van der Waals surface area contributed by atoms with Crippen LogP contribution in [0, 0.1) is 6.92 Å². The van der Waals surface area contributed by atoms with Gasteiger partial charge in [-0.05, 0) is 25.1 Å². The van der Waals surface area contributed by atoms with Gasteiger partial charge in [-0.3, -0.25) is 9.78 Å². The van der Waals surface area contributed by atoms with E-state index in [-0.39, 0.29) is 11.4 Å². The molecule has 0 saturated carbocycles. The molecule has 0 unspecified atom stereocenters. The van der Waals surface area contributed by atoms with Crippen LogP contribution < -0.4 is 10.8 Å². The van der Waals surface area contributed by atoms with E-state index in [1.54, 1.807) is 54.9 Å². The average molecular weight is 331 g/mol. The number of carboxylic acids is 1. The Morgan fingerprint density at radius 3 is 2.44 bits per heavy atom. The smallest absolute Gasteiger partial charge is 0.355 e. The van der Waals surface area contributed by atoms with Crippen molar-refractivity contribution in [2.45, 2.75) is 6.92 Å². The molecule has 0 aliphatic heterocycles. The number of anilines is 1. The van der Waals surface area contributed by atoms with Crippen LogP contribution in [0.3, 0.4) is 0 Å². The largest absolute Gasteiger partial charge is 0.476 e. The van der Waals surface area contributed by atoms with Crippen LogP contribution in [0.1, 0.15) is 26.5 Å². The van der Waals surface area contributed by atoms with Crippen molar-refractivity contribution in [3.8, 4) is 5.69 Å². The molecule has 2 heterocycles. The van der Waals surface area contributed by atoms with Gasteiger partial charge in [0.1, 0.15) is 7.85 Å². The zero-order valence-corrected chi connectivity index (χ0v) is 13.4. The second kappa shape index (κ2) is 6.64. The van der Waals surface area contributed by atoms with Gasteiger partial charge in [-0.25, -0.2) is 4.79 Å². The molecular formula is C18H14BN3O3. The third-order valence-electron chi connectivity index (χ3n) is 3.68. The van der Waals surface area contributed by atoms with Crippen molar-refractivity contribution in [2.24, 2.45) is 0 Å². The Bertz CT molecular complexity index is 931. The quantitative estimate of drug-likeness (QED) is 0.716. The highest BCUT2D eigenvalue weighted by Gasteiger charge is 2.19. The Hall–Kier alpha value is -3.35. The number of benzene rings is 1.